The SMILES string of the molecule is c1ccc(OCCN2CCN(CCOC(c3ccccc3)c3ccccc3)CC2)cc1. The average Bonchev–Trinajstić information content (AvgIpc) is 2.85. The normalized spacial score (nSPS) is 15.3. The van der Waals surface area contributed by atoms with Crippen molar-refractivity contribution in [3.8, 4) is 5.75 Å². The number of piperazine rings is 1. The summed E-state index contributed by atoms with van der Waals surface area (Å²) in [7, 11) is 0. The zero-order chi connectivity index (χ0) is 21.1. The van der Waals surface area contributed by atoms with Crippen LogP contribution in [0.3, 0.4) is 0 Å². The summed E-state index contributed by atoms with van der Waals surface area (Å²) in [4.78, 5) is 4.98. The molecule has 0 saturated carbocycles. The molecular formula is C27H32N2O2. The fourth-order valence-corrected chi connectivity index (χ4v) is 3.99. The van der Waals surface area contributed by atoms with Gasteiger partial charge in [0, 0.05) is 39.3 Å². The van der Waals surface area contributed by atoms with E-state index in [0.29, 0.717) is 0 Å². The van der Waals surface area contributed by atoms with Gasteiger partial charge in [0.15, 0.2) is 0 Å². The van der Waals surface area contributed by atoms with Crippen molar-refractivity contribution in [2.24, 2.45) is 0 Å². The van der Waals surface area contributed by atoms with Crippen molar-refractivity contribution in [3.05, 3.63) is 102 Å². The summed E-state index contributed by atoms with van der Waals surface area (Å²) in [5.41, 5.74) is 2.41. The lowest BCUT2D eigenvalue weighted by atomic mass is 10.0. The molecule has 3 aromatic rings. The zero-order valence-corrected chi connectivity index (χ0v) is 18.1. The third kappa shape index (κ3) is 6.66. The molecule has 4 heteroatoms. The Morgan fingerprint density at radius 2 is 1.03 bits per heavy atom. The first-order valence-corrected chi connectivity index (χ1v) is 11.2. The van der Waals surface area contributed by atoms with Crippen molar-refractivity contribution in [1.82, 2.24) is 9.80 Å². The second kappa shape index (κ2) is 11.7. The van der Waals surface area contributed by atoms with Gasteiger partial charge in [0.2, 0.25) is 0 Å². The van der Waals surface area contributed by atoms with Crippen molar-refractivity contribution in [3.63, 3.8) is 0 Å². The topological polar surface area (TPSA) is 24.9 Å². The van der Waals surface area contributed by atoms with E-state index < -0.39 is 0 Å². The van der Waals surface area contributed by atoms with Gasteiger partial charge in [-0.15, -0.1) is 0 Å². The highest BCUT2D eigenvalue weighted by Crippen LogP contribution is 2.25. The molecule has 1 saturated heterocycles. The van der Waals surface area contributed by atoms with E-state index in [1.807, 2.05) is 30.3 Å². The number of nitrogens with zero attached hydrogens (tertiary/aromatic N) is 2. The highest BCUT2D eigenvalue weighted by molar-refractivity contribution is 5.29. The minimum atomic E-state index is -0.0150. The molecule has 4 rings (SSSR count). The van der Waals surface area contributed by atoms with Crippen molar-refractivity contribution >= 4 is 0 Å². The smallest absolute Gasteiger partial charge is 0.119 e. The quantitative estimate of drug-likeness (QED) is 0.486. The molecule has 0 aliphatic carbocycles. The third-order valence-corrected chi connectivity index (χ3v) is 5.78. The van der Waals surface area contributed by atoms with Crippen molar-refractivity contribution in [2.75, 3.05) is 52.5 Å². The Morgan fingerprint density at radius 1 is 0.581 bits per heavy atom. The van der Waals surface area contributed by atoms with Crippen LogP contribution in [0, 0.1) is 0 Å². The van der Waals surface area contributed by atoms with Gasteiger partial charge in [-0.3, -0.25) is 9.80 Å². The number of para-hydroxylation sites is 1. The predicted molar refractivity (Wildman–Crippen MR) is 125 cm³/mol. The minimum absolute atomic E-state index is 0.0150. The molecule has 0 amide bonds. The molecular weight excluding hydrogens is 384 g/mol. The van der Waals surface area contributed by atoms with Gasteiger partial charge >= 0.3 is 0 Å². The van der Waals surface area contributed by atoms with Crippen LogP contribution < -0.4 is 4.74 Å². The molecule has 0 aromatic heterocycles. The Bertz CT molecular complexity index is 826. The summed E-state index contributed by atoms with van der Waals surface area (Å²) in [6.45, 7) is 7.73. The van der Waals surface area contributed by atoms with Crippen LogP contribution in [0.15, 0.2) is 91.0 Å². The summed E-state index contributed by atoms with van der Waals surface area (Å²) >= 11 is 0. The van der Waals surface area contributed by atoms with Crippen LogP contribution in [0.5, 0.6) is 5.75 Å². The molecule has 1 aliphatic heterocycles. The average molecular weight is 417 g/mol. The van der Waals surface area contributed by atoms with Gasteiger partial charge in [-0.25, -0.2) is 0 Å². The molecule has 0 spiro atoms. The molecule has 162 valence electrons. The minimum Gasteiger partial charge on any atom is -0.492 e. The first-order valence-electron chi connectivity index (χ1n) is 11.2. The number of rotatable bonds is 10. The van der Waals surface area contributed by atoms with Gasteiger partial charge in [0.05, 0.1) is 6.61 Å². The van der Waals surface area contributed by atoms with Crippen LogP contribution in [0.4, 0.5) is 0 Å². The Morgan fingerprint density at radius 3 is 1.55 bits per heavy atom. The second-order valence-electron chi connectivity index (χ2n) is 7.92. The molecule has 1 heterocycles. The molecule has 0 atom stereocenters. The lowest BCUT2D eigenvalue weighted by Gasteiger charge is -2.34. The highest BCUT2D eigenvalue weighted by Gasteiger charge is 2.18. The molecule has 0 N–H and O–H groups in total. The van der Waals surface area contributed by atoms with E-state index in [0.717, 1.165) is 58.2 Å². The van der Waals surface area contributed by atoms with Crippen LogP contribution in [-0.4, -0.2) is 62.3 Å². The molecule has 0 radical (unpaired) electrons. The first-order chi connectivity index (χ1) is 15.4. The lowest BCUT2D eigenvalue weighted by Crippen LogP contribution is -2.48. The van der Waals surface area contributed by atoms with Crippen LogP contribution in [0.2, 0.25) is 0 Å². The van der Waals surface area contributed by atoms with Crippen LogP contribution >= 0.6 is 0 Å². The van der Waals surface area contributed by atoms with E-state index in [1.165, 1.54) is 11.1 Å². The summed E-state index contributed by atoms with van der Waals surface area (Å²) in [5.74, 6) is 0.949. The monoisotopic (exact) mass is 416 g/mol. The van der Waals surface area contributed by atoms with E-state index in [9.17, 15) is 0 Å². The van der Waals surface area contributed by atoms with Gasteiger partial charge in [0.1, 0.15) is 18.5 Å². The maximum absolute atomic E-state index is 6.38. The maximum atomic E-state index is 6.38. The summed E-state index contributed by atoms with van der Waals surface area (Å²) in [6.07, 6.45) is -0.0150. The standard InChI is InChI=1S/C27H32N2O2/c1-4-10-24(11-5-1)27(25-12-6-2-7-13-25)31-23-21-29-18-16-28(17-19-29)20-22-30-26-14-8-3-9-15-26/h1-15,27H,16-23H2. The molecule has 1 aliphatic rings. The zero-order valence-electron chi connectivity index (χ0n) is 18.1. The lowest BCUT2D eigenvalue weighted by molar-refractivity contribution is 0.0435. The molecule has 31 heavy (non-hydrogen) atoms. The van der Waals surface area contributed by atoms with Gasteiger partial charge in [-0.2, -0.15) is 0 Å². The molecule has 4 nitrogen and oxygen atoms in total. The Hall–Kier alpha value is -2.66. The van der Waals surface area contributed by atoms with Gasteiger partial charge < -0.3 is 9.47 Å². The Kier molecular flexibility index (Phi) is 8.11. The molecule has 3 aromatic carbocycles. The number of benzene rings is 3. The van der Waals surface area contributed by atoms with Crippen molar-refractivity contribution in [1.29, 1.82) is 0 Å². The number of ether oxygens (including phenoxy) is 2. The summed E-state index contributed by atoms with van der Waals surface area (Å²) in [5, 5.41) is 0. The Labute approximate surface area is 186 Å². The number of hydrogen-bond donors (Lipinski definition) is 0. The van der Waals surface area contributed by atoms with Crippen LogP contribution in [-0.2, 0) is 4.74 Å². The van der Waals surface area contributed by atoms with E-state index in [1.54, 1.807) is 0 Å². The highest BCUT2D eigenvalue weighted by atomic mass is 16.5. The third-order valence-electron chi connectivity index (χ3n) is 5.78. The summed E-state index contributed by atoms with van der Waals surface area (Å²) < 4.78 is 12.2. The Balaban J connectivity index is 1.19. The maximum Gasteiger partial charge on any atom is 0.119 e. The second-order valence-corrected chi connectivity index (χ2v) is 7.92. The van der Waals surface area contributed by atoms with Crippen LogP contribution in [0.25, 0.3) is 0 Å². The molecule has 1 fully saturated rings. The van der Waals surface area contributed by atoms with Gasteiger partial charge in [0.25, 0.3) is 0 Å². The molecule has 0 unspecified atom stereocenters. The predicted octanol–water partition coefficient (Wildman–Crippen LogP) is 4.49. The van der Waals surface area contributed by atoms with Crippen molar-refractivity contribution in [2.45, 2.75) is 6.10 Å². The van der Waals surface area contributed by atoms with Crippen LogP contribution in [0.1, 0.15) is 17.2 Å². The molecule has 0 bridgehead atoms. The summed E-state index contributed by atoms with van der Waals surface area (Å²) in [6, 6.07) is 31.1. The largest absolute Gasteiger partial charge is 0.492 e. The van der Waals surface area contributed by atoms with E-state index in [-0.39, 0.29) is 6.10 Å². The van der Waals surface area contributed by atoms with E-state index in [2.05, 4.69) is 70.5 Å². The van der Waals surface area contributed by atoms with Gasteiger partial charge in [-0.05, 0) is 23.3 Å². The van der Waals surface area contributed by atoms with Crippen molar-refractivity contribution < 1.29 is 9.47 Å². The fourth-order valence-electron chi connectivity index (χ4n) is 3.99. The van der Waals surface area contributed by atoms with Gasteiger partial charge in [-0.1, -0.05) is 78.9 Å². The van der Waals surface area contributed by atoms with E-state index in [4.69, 9.17) is 9.47 Å². The van der Waals surface area contributed by atoms with E-state index >= 15 is 0 Å². The fraction of sp³-hybridized carbons (Fsp3) is 0.333. The first kappa shape index (κ1) is 21.6. The number of hydrogen-bond acceptors (Lipinski definition) is 4.